The molecule has 122 valence electrons. The average molecular weight is 401 g/mol. The van der Waals surface area contributed by atoms with Gasteiger partial charge < -0.3 is 5.32 Å². The second kappa shape index (κ2) is 7.67. The second-order valence-electron chi connectivity index (χ2n) is 4.63. The van der Waals surface area contributed by atoms with Crippen LogP contribution in [0.4, 0.5) is 10.1 Å². The maximum absolute atomic E-state index is 13.6. The third kappa shape index (κ3) is 5.12. The summed E-state index contributed by atoms with van der Waals surface area (Å²) in [6.07, 6.45) is -0.110. The number of rotatable bonds is 6. The largest absolute Gasteiger partial charge is 0.324 e. The molecule has 0 aromatic heterocycles. The lowest BCUT2D eigenvalue weighted by Gasteiger charge is -2.08. The van der Waals surface area contributed by atoms with Crippen molar-refractivity contribution in [1.82, 2.24) is 4.72 Å². The summed E-state index contributed by atoms with van der Waals surface area (Å²) in [4.78, 5) is 11.9. The Kier molecular flexibility index (Phi) is 5.86. The van der Waals surface area contributed by atoms with Crippen molar-refractivity contribution in [3.05, 3.63) is 58.8 Å². The van der Waals surface area contributed by atoms with Crippen LogP contribution in [0.15, 0.2) is 57.9 Å². The fourth-order valence-electron chi connectivity index (χ4n) is 1.79. The van der Waals surface area contributed by atoms with Crippen LogP contribution in [0.25, 0.3) is 0 Å². The molecule has 0 aliphatic heterocycles. The number of anilines is 1. The van der Waals surface area contributed by atoms with E-state index in [0.717, 1.165) is 0 Å². The van der Waals surface area contributed by atoms with Crippen molar-refractivity contribution in [2.75, 3.05) is 11.9 Å². The number of halogens is 2. The molecule has 0 bridgehead atoms. The summed E-state index contributed by atoms with van der Waals surface area (Å²) >= 11 is 3.12. The fraction of sp³-hybridized carbons (Fsp3) is 0.133. The zero-order valence-electron chi connectivity index (χ0n) is 11.9. The molecule has 2 aromatic carbocycles. The third-order valence-electron chi connectivity index (χ3n) is 2.90. The first kappa shape index (κ1) is 17.6. The van der Waals surface area contributed by atoms with Crippen LogP contribution in [0.2, 0.25) is 0 Å². The maximum atomic E-state index is 13.6. The number of hydrogen-bond acceptors (Lipinski definition) is 3. The molecule has 0 heterocycles. The molecule has 0 aliphatic rings. The number of carbonyl (C=O) groups is 1. The van der Waals surface area contributed by atoms with Crippen LogP contribution >= 0.6 is 15.9 Å². The summed E-state index contributed by atoms with van der Waals surface area (Å²) in [5.74, 6) is -1.06. The number of sulfonamides is 1. The van der Waals surface area contributed by atoms with E-state index < -0.39 is 21.7 Å². The van der Waals surface area contributed by atoms with Crippen LogP contribution in [-0.2, 0) is 14.8 Å². The molecule has 0 aliphatic carbocycles. The van der Waals surface area contributed by atoms with Crippen LogP contribution in [0.5, 0.6) is 0 Å². The highest BCUT2D eigenvalue weighted by Crippen LogP contribution is 2.19. The number of amides is 1. The van der Waals surface area contributed by atoms with E-state index in [4.69, 9.17) is 0 Å². The van der Waals surface area contributed by atoms with Crippen molar-refractivity contribution in [2.45, 2.75) is 11.3 Å². The number of nitrogens with one attached hydrogen (secondary N) is 2. The first-order valence-electron chi connectivity index (χ1n) is 6.68. The van der Waals surface area contributed by atoms with E-state index >= 15 is 0 Å². The van der Waals surface area contributed by atoms with Crippen LogP contribution in [0.3, 0.4) is 0 Å². The molecule has 2 rings (SSSR count). The summed E-state index contributed by atoms with van der Waals surface area (Å²) in [6, 6.07) is 12.1. The highest BCUT2D eigenvalue weighted by molar-refractivity contribution is 9.10. The number of carbonyl (C=O) groups excluding carboxylic acids is 1. The van der Waals surface area contributed by atoms with E-state index in [0.29, 0.717) is 4.47 Å². The van der Waals surface area contributed by atoms with E-state index in [-0.39, 0.29) is 23.5 Å². The minimum Gasteiger partial charge on any atom is -0.324 e. The Balaban J connectivity index is 1.88. The Labute approximate surface area is 142 Å². The van der Waals surface area contributed by atoms with Crippen molar-refractivity contribution in [1.29, 1.82) is 0 Å². The zero-order chi connectivity index (χ0) is 16.9. The van der Waals surface area contributed by atoms with Crippen molar-refractivity contribution >= 4 is 37.5 Å². The Morgan fingerprint density at radius 2 is 1.83 bits per heavy atom. The Morgan fingerprint density at radius 3 is 2.48 bits per heavy atom. The van der Waals surface area contributed by atoms with Crippen LogP contribution in [-0.4, -0.2) is 20.9 Å². The molecule has 0 unspecified atom stereocenters. The van der Waals surface area contributed by atoms with E-state index in [9.17, 15) is 17.6 Å². The molecule has 0 saturated heterocycles. The lowest BCUT2D eigenvalue weighted by atomic mass is 10.3. The van der Waals surface area contributed by atoms with E-state index in [1.54, 1.807) is 24.3 Å². The second-order valence-corrected chi connectivity index (χ2v) is 7.32. The van der Waals surface area contributed by atoms with Gasteiger partial charge in [0, 0.05) is 17.4 Å². The SMILES string of the molecule is O=C(CCNS(=O)(=O)c1ccccc1)Nc1ccc(Br)cc1F. The van der Waals surface area contributed by atoms with Gasteiger partial charge in [-0.1, -0.05) is 34.1 Å². The van der Waals surface area contributed by atoms with Gasteiger partial charge in [-0.25, -0.2) is 17.5 Å². The van der Waals surface area contributed by atoms with Gasteiger partial charge in [0.05, 0.1) is 10.6 Å². The lowest BCUT2D eigenvalue weighted by Crippen LogP contribution is -2.27. The van der Waals surface area contributed by atoms with Gasteiger partial charge in [0.1, 0.15) is 5.82 Å². The Morgan fingerprint density at radius 1 is 1.13 bits per heavy atom. The van der Waals surface area contributed by atoms with Crippen molar-refractivity contribution in [2.24, 2.45) is 0 Å². The van der Waals surface area contributed by atoms with Gasteiger partial charge in [0.15, 0.2) is 0 Å². The van der Waals surface area contributed by atoms with Gasteiger partial charge in [-0.3, -0.25) is 4.79 Å². The summed E-state index contributed by atoms with van der Waals surface area (Å²) in [7, 11) is -3.65. The Hall–Kier alpha value is -1.77. The molecular formula is C15H14BrFN2O3S. The third-order valence-corrected chi connectivity index (χ3v) is 4.87. The van der Waals surface area contributed by atoms with E-state index in [1.807, 2.05) is 0 Å². The minimum atomic E-state index is -3.65. The molecular weight excluding hydrogens is 387 g/mol. The first-order valence-corrected chi connectivity index (χ1v) is 8.96. The summed E-state index contributed by atoms with van der Waals surface area (Å²) < 4.78 is 40.4. The summed E-state index contributed by atoms with van der Waals surface area (Å²) in [6.45, 7) is -0.0821. The van der Waals surface area contributed by atoms with Gasteiger partial charge >= 0.3 is 0 Å². The fourth-order valence-corrected chi connectivity index (χ4v) is 3.17. The smallest absolute Gasteiger partial charge is 0.240 e. The quantitative estimate of drug-likeness (QED) is 0.782. The molecule has 5 nitrogen and oxygen atoms in total. The zero-order valence-corrected chi connectivity index (χ0v) is 14.3. The molecule has 8 heteroatoms. The summed E-state index contributed by atoms with van der Waals surface area (Å²) in [5, 5.41) is 2.39. The number of hydrogen-bond donors (Lipinski definition) is 2. The molecule has 0 radical (unpaired) electrons. The van der Waals surface area contributed by atoms with Crippen LogP contribution in [0, 0.1) is 5.82 Å². The van der Waals surface area contributed by atoms with Crippen molar-refractivity contribution in [3.63, 3.8) is 0 Å². The molecule has 0 saturated carbocycles. The van der Waals surface area contributed by atoms with Crippen molar-refractivity contribution in [3.8, 4) is 0 Å². The standard InChI is InChI=1S/C15H14BrFN2O3S/c16-11-6-7-14(13(17)10-11)19-15(20)8-9-18-23(21,22)12-4-2-1-3-5-12/h1-7,10,18H,8-9H2,(H,19,20). The lowest BCUT2D eigenvalue weighted by molar-refractivity contribution is -0.116. The van der Waals surface area contributed by atoms with Crippen molar-refractivity contribution < 1.29 is 17.6 Å². The van der Waals surface area contributed by atoms with Crippen LogP contribution in [0.1, 0.15) is 6.42 Å². The van der Waals surface area contributed by atoms with Gasteiger partial charge in [-0.05, 0) is 30.3 Å². The first-order chi connectivity index (χ1) is 10.9. The molecule has 2 N–H and O–H groups in total. The highest BCUT2D eigenvalue weighted by atomic mass is 79.9. The molecule has 0 atom stereocenters. The predicted octanol–water partition coefficient (Wildman–Crippen LogP) is 2.90. The maximum Gasteiger partial charge on any atom is 0.240 e. The van der Waals surface area contributed by atoms with Gasteiger partial charge in [0.25, 0.3) is 0 Å². The minimum absolute atomic E-state index is 0.0455. The normalized spacial score (nSPS) is 11.2. The van der Waals surface area contributed by atoms with Gasteiger partial charge in [-0.15, -0.1) is 0 Å². The number of benzene rings is 2. The Bertz CT molecular complexity index is 798. The molecule has 1 amide bonds. The molecule has 23 heavy (non-hydrogen) atoms. The van der Waals surface area contributed by atoms with Gasteiger partial charge in [0.2, 0.25) is 15.9 Å². The molecule has 2 aromatic rings. The molecule has 0 spiro atoms. The monoisotopic (exact) mass is 400 g/mol. The van der Waals surface area contributed by atoms with Crippen LogP contribution < -0.4 is 10.0 Å². The molecule has 0 fully saturated rings. The predicted molar refractivity (Wildman–Crippen MR) is 89.0 cm³/mol. The topological polar surface area (TPSA) is 75.3 Å². The van der Waals surface area contributed by atoms with E-state index in [1.165, 1.54) is 24.3 Å². The van der Waals surface area contributed by atoms with Gasteiger partial charge in [-0.2, -0.15) is 0 Å². The summed E-state index contributed by atoms with van der Waals surface area (Å²) in [5.41, 5.74) is 0.0455. The average Bonchev–Trinajstić information content (AvgIpc) is 2.51. The van der Waals surface area contributed by atoms with E-state index in [2.05, 4.69) is 26.0 Å². The highest BCUT2D eigenvalue weighted by Gasteiger charge is 2.14.